The van der Waals surface area contributed by atoms with Crippen LogP contribution >= 0.6 is 11.6 Å². The summed E-state index contributed by atoms with van der Waals surface area (Å²) < 4.78 is 2.13. The molecular weight excluding hydrogens is 398 g/mol. The number of nitriles is 1. The minimum absolute atomic E-state index is 0.146. The topological polar surface area (TPSA) is 87.6 Å². The highest BCUT2D eigenvalue weighted by Gasteiger charge is 2.30. The molecule has 6 nitrogen and oxygen atoms in total. The van der Waals surface area contributed by atoms with Gasteiger partial charge in [-0.1, -0.05) is 31.4 Å². The third-order valence-corrected chi connectivity index (χ3v) is 6.52. The Hall–Kier alpha value is -2.49. The largest absolute Gasteiger partial charge is 0.385 e. The summed E-state index contributed by atoms with van der Waals surface area (Å²) >= 11 is 6.20. The normalized spacial score (nSPS) is 21.3. The zero-order chi connectivity index (χ0) is 21.4. The third kappa shape index (κ3) is 3.80. The zero-order valence-electron chi connectivity index (χ0n) is 17.5. The lowest BCUT2D eigenvalue weighted by atomic mass is 9.79. The van der Waals surface area contributed by atoms with Crippen LogP contribution in [0.3, 0.4) is 0 Å². The van der Waals surface area contributed by atoms with E-state index in [2.05, 4.69) is 34.5 Å². The highest BCUT2D eigenvalue weighted by molar-refractivity contribution is 6.30. The lowest BCUT2D eigenvalue weighted by Crippen LogP contribution is -2.24. The highest BCUT2D eigenvalue weighted by atomic mass is 35.5. The van der Waals surface area contributed by atoms with Crippen molar-refractivity contribution in [3.63, 3.8) is 0 Å². The van der Waals surface area contributed by atoms with Gasteiger partial charge < -0.3 is 9.67 Å². The predicted molar refractivity (Wildman–Crippen MR) is 117 cm³/mol. The van der Waals surface area contributed by atoms with E-state index in [0.717, 1.165) is 29.8 Å². The van der Waals surface area contributed by atoms with Gasteiger partial charge in [-0.15, -0.1) is 0 Å². The summed E-state index contributed by atoms with van der Waals surface area (Å²) in [5.41, 5.74) is 3.10. The first-order chi connectivity index (χ1) is 14.4. The number of halogens is 1. The summed E-state index contributed by atoms with van der Waals surface area (Å²) in [6, 6.07) is 5.75. The SMILES string of the molecule is CC([C@H]1CC[C@H](C)CC1)n1c([C@H](C)O)nc2cc(C#N)nc(-c3cncc(Cl)c3)c21. The van der Waals surface area contributed by atoms with Crippen LogP contribution in [-0.2, 0) is 0 Å². The maximum atomic E-state index is 10.5. The van der Waals surface area contributed by atoms with Gasteiger partial charge in [0.15, 0.2) is 0 Å². The van der Waals surface area contributed by atoms with Gasteiger partial charge in [0.25, 0.3) is 0 Å². The molecule has 1 N–H and O–H groups in total. The molecule has 0 aliphatic heterocycles. The second-order valence-corrected chi connectivity index (χ2v) is 8.94. The third-order valence-electron chi connectivity index (χ3n) is 6.31. The molecule has 0 bridgehead atoms. The van der Waals surface area contributed by atoms with E-state index in [1.165, 1.54) is 12.8 Å². The molecule has 0 spiro atoms. The zero-order valence-corrected chi connectivity index (χ0v) is 18.3. The van der Waals surface area contributed by atoms with Crippen molar-refractivity contribution in [1.82, 2.24) is 19.5 Å². The molecule has 1 unspecified atom stereocenters. The van der Waals surface area contributed by atoms with Crippen molar-refractivity contribution >= 4 is 22.6 Å². The number of pyridine rings is 2. The maximum absolute atomic E-state index is 10.5. The fraction of sp³-hybridized carbons (Fsp3) is 0.478. The summed E-state index contributed by atoms with van der Waals surface area (Å²) in [6.45, 7) is 6.24. The minimum Gasteiger partial charge on any atom is -0.385 e. The number of hydrogen-bond donors (Lipinski definition) is 1. The van der Waals surface area contributed by atoms with Gasteiger partial charge in [-0.05, 0) is 44.6 Å². The van der Waals surface area contributed by atoms with Gasteiger partial charge in [-0.25, -0.2) is 9.97 Å². The molecule has 4 rings (SSSR count). The van der Waals surface area contributed by atoms with E-state index >= 15 is 0 Å². The Bertz CT molecular complexity index is 1110. The molecule has 1 fully saturated rings. The van der Waals surface area contributed by atoms with Crippen LogP contribution in [-0.4, -0.2) is 24.6 Å². The Balaban J connectivity index is 1.96. The van der Waals surface area contributed by atoms with Crippen LogP contribution < -0.4 is 0 Å². The van der Waals surface area contributed by atoms with Crippen molar-refractivity contribution in [1.29, 1.82) is 5.26 Å². The number of aliphatic hydroxyl groups is 1. The molecule has 1 aliphatic carbocycles. The second kappa shape index (κ2) is 8.33. The number of imidazole rings is 1. The summed E-state index contributed by atoms with van der Waals surface area (Å²) in [5.74, 6) is 1.86. The molecule has 0 aromatic carbocycles. The van der Waals surface area contributed by atoms with Crippen LogP contribution in [0.2, 0.25) is 5.02 Å². The fourth-order valence-corrected chi connectivity index (χ4v) is 4.80. The fourth-order valence-electron chi connectivity index (χ4n) is 4.63. The average molecular weight is 424 g/mol. The molecule has 0 amide bonds. The van der Waals surface area contributed by atoms with Crippen LogP contribution in [0.25, 0.3) is 22.3 Å². The molecular formula is C23H26ClN5O. The smallest absolute Gasteiger partial charge is 0.143 e. The Kier molecular flexibility index (Phi) is 5.77. The Morgan fingerprint density at radius 3 is 2.53 bits per heavy atom. The van der Waals surface area contributed by atoms with Crippen molar-refractivity contribution < 1.29 is 5.11 Å². The quantitative estimate of drug-likeness (QED) is 0.602. The summed E-state index contributed by atoms with van der Waals surface area (Å²) in [6.07, 6.45) is 7.26. The number of fused-ring (bicyclic) bond motifs is 1. The van der Waals surface area contributed by atoms with Gasteiger partial charge in [-0.3, -0.25) is 4.98 Å². The van der Waals surface area contributed by atoms with E-state index in [-0.39, 0.29) is 11.7 Å². The monoisotopic (exact) mass is 423 g/mol. The highest BCUT2D eigenvalue weighted by Crippen LogP contribution is 2.40. The van der Waals surface area contributed by atoms with Gasteiger partial charge in [0.2, 0.25) is 0 Å². The number of rotatable bonds is 4. The van der Waals surface area contributed by atoms with E-state index in [0.29, 0.717) is 28.0 Å². The van der Waals surface area contributed by atoms with Crippen LogP contribution in [0.5, 0.6) is 0 Å². The van der Waals surface area contributed by atoms with Crippen molar-refractivity contribution in [3.05, 3.63) is 41.1 Å². The van der Waals surface area contributed by atoms with Gasteiger partial charge in [-0.2, -0.15) is 5.26 Å². The molecule has 2 atom stereocenters. The molecule has 3 aromatic heterocycles. The predicted octanol–water partition coefficient (Wildman–Crippen LogP) is 5.46. The van der Waals surface area contributed by atoms with Crippen molar-refractivity contribution in [2.75, 3.05) is 0 Å². The lowest BCUT2D eigenvalue weighted by molar-refractivity contribution is 0.169. The standard InChI is InChI=1S/C23H26ClN5O/c1-13-4-6-16(7-5-13)14(2)29-22-20(28-23(29)15(3)30)9-19(10-25)27-21(22)17-8-18(24)12-26-11-17/h8-9,11-16,30H,4-7H2,1-3H3/t13-,14?,15-,16-/m0/s1. The number of hydrogen-bond acceptors (Lipinski definition) is 5. The van der Waals surface area contributed by atoms with Gasteiger partial charge in [0, 0.05) is 30.1 Å². The van der Waals surface area contributed by atoms with Crippen LogP contribution in [0.15, 0.2) is 24.5 Å². The summed E-state index contributed by atoms with van der Waals surface area (Å²) in [7, 11) is 0. The first-order valence-corrected chi connectivity index (χ1v) is 10.9. The Morgan fingerprint density at radius 1 is 1.17 bits per heavy atom. The number of aromatic nitrogens is 4. The van der Waals surface area contributed by atoms with Crippen molar-refractivity contribution in [2.45, 2.75) is 58.6 Å². The first kappa shape index (κ1) is 20.8. The Labute approximate surface area is 181 Å². The van der Waals surface area contributed by atoms with Crippen LogP contribution in [0.4, 0.5) is 0 Å². The number of aliphatic hydroxyl groups excluding tert-OH is 1. The van der Waals surface area contributed by atoms with Crippen LogP contribution in [0.1, 0.15) is 70.1 Å². The molecule has 156 valence electrons. The van der Waals surface area contributed by atoms with E-state index in [1.807, 2.05) is 0 Å². The maximum Gasteiger partial charge on any atom is 0.143 e. The van der Waals surface area contributed by atoms with E-state index in [9.17, 15) is 10.4 Å². The van der Waals surface area contributed by atoms with E-state index in [4.69, 9.17) is 16.6 Å². The second-order valence-electron chi connectivity index (χ2n) is 8.50. The molecule has 30 heavy (non-hydrogen) atoms. The molecule has 3 heterocycles. The van der Waals surface area contributed by atoms with Gasteiger partial charge in [0.1, 0.15) is 23.7 Å². The summed E-state index contributed by atoms with van der Waals surface area (Å²) in [5, 5.41) is 20.5. The molecule has 0 radical (unpaired) electrons. The van der Waals surface area contributed by atoms with Crippen LogP contribution in [0, 0.1) is 23.2 Å². The lowest BCUT2D eigenvalue weighted by Gasteiger charge is -2.33. The van der Waals surface area contributed by atoms with Crippen molar-refractivity contribution in [3.8, 4) is 17.3 Å². The molecule has 1 saturated carbocycles. The minimum atomic E-state index is -0.738. The first-order valence-electron chi connectivity index (χ1n) is 10.5. The molecule has 7 heteroatoms. The summed E-state index contributed by atoms with van der Waals surface area (Å²) in [4.78, 5) is 13.5. The van der Waals surface area contributed by atoms with Gasteiger partial charge in [0.05, 0.1) is 21.7 Å². The van der Waals surface area contributed by atoms with Crippen molar-refractivity contribution in [2.24, 2.45) is 11.8 Å². The molecule has 0 saturated heterocycles. The Morgan fingerprint density at radius 2 is 1.90 bits per heavy atom. The van der Waals surface area contributed by atoms with E-state index in [1.54, 1.807) is 31.5 Å². The molecule has 1 aliphatic rings. The number of nitrogens with zero attached hydrogens (tertiary/aromatic N) is 5. The van der Waals surface area contributed by atoms with Gasteiger partial charge >= 0.3 is 0 Å². The van der Waals surface area contributed by atoms with E-state index < -0.39 is 6.10 Å². The average Bonchev–Trinajstić information content (AvgIpc) is 3.13. The molecule has 3 aromatic rings.